The van der Waals surface area contributed by atoms with Gasteiger partial charge in [0.25, 0.3) is 0 Å². The van der Waals surface area contributed by atoms with Crippen LogP contribution >= 0.6 is 23.2 Å². The molecule has 2 rings (SSSR count). The van der Waals surface area contributed by atoms with E-state index in [2.05, 4.69) is 10.0 Å². The maximum absolute atomic E-state index is 12.0. The highest BCUT2D eigenvalue weighted by molar-refractivity contribution is 7.89. The third kappa shape index (κ3) is 5.51. The van der Waals surface area contributed by atoms with Crippen molar-refractivity contribution in [2.45, 2.75) is 11.4 Å². The molecule has 1 amide bonds. The molecule has 0 unspecified atom stereocenters. The van der Waals surface area contributed by atoms with Crippen LogP contribution in [0, 0.1) is 0 Å². The van der Waals surface area contributed by atoms with Gasteiger partial charge in [0.05, 0.1) is 11.4 Å². The molecule has 2 aromatic carbocycles. The van der Waals surface area contributed by atoms with Crippen molar-refractivity contribution >= 4 is 39.1 Å². The van der Waals surface area contributed by atoms with Gasteiger partial charge >= 0.3 is 0 Å². The lowest BCUT2D eigenvalue weighted by molar-refractivity contribution is -0.120. The van der Waals surface area contributed by atoms with Crippen LogP contribution in [0.25, 0.3) is 0 Å². The van der Waals surface area contributed by atoms with Crippen LogP contribution in [0.1, 0.15) is 5.56 Å². The minimum atomic E-state index is -3.78. The van der Waals surface area contributed by atoms with Crippen LogP contribution in [0.5, 0.6) is 0 Å². The van der Waals surface area contributed by atoms with Crippen molar-refractivity contribution in [3.8, 4) is 0 Å². The van der Waals surface area contributed by atoms with Crippen LogP contribution in [-0.4, -0.2) is 20.9 Å². The fourth-order valence-electron chi connectivity index (χ4n) is 1.74. The molecule has 5 nitrogen and oxygen atoms in total. The summed E-state index contributed by atoms with van der Waals surface area (Å²) in [7, 11) is -3.78. The van der Waals surface area contributed by atoms with Crippen LogP contribution in [0.15, 0.2) is 53.4 Å². The number of benzene rings is 2. The lowest BCUT2D eigenvalue weighted by Gasteiger charge is -2.08. The number of hydrogen-bond acceptors (Lipinski definition) is 3. The summed E-state index contributed by atoms with van der Waals surface area (Å²) >= 11 is 11.5. The molecule has 0 heterocycles. The summed E-state index contributed by atoms with van der Waals surface area (Å²) in [5.41, 5.74) is 0.862. The van der Waals surface area contributed by atoms with E-state index < -0.39 is 15.9 Å². The summed E-state index contributed by atoms with van der Waals surface area (Å²) in [6, 6.07) is 12.8. The number of rotatable bonds is 6. The number of amides is 1. The predicted molar refractivity (Wildman–Crippen MR) is 89.9 cm³/mol. The Kier molecular flexibility index (Phi) is 6.01. The standard InChI is InChI=1S/C15H14Cl2N2O3S/c16-12-6-4-11(5-7-12)9-18-15(20)10-19-23(21,22)14-3-1-2-13(17)8-14/h1-8,19H,9-10H2,(H,18,20). The van der Waals surface area contributed by atoms with E-state index in [1.54, 1.807) is 30.3 Å². The van der Waals surface area contributed by atoms with Crippen molar-refractivity contribution in [2.24, 2.45) is 0 Å². The molecule has 2 aromatic rings. The molecule has 0 aliphatic carbocycles. The molecule has 0 radical (unpaired) electrons. The predicted octanol–water partition coefficient (Wildman–Crippen LogP) is 2.59. The summed E-state index contributed by atoms with van der Waals surface area (Å²) in [4.78, 5) is 11.7. The molecule has 0 aromatic heterocycles. The highest BCUT2D eigenvalue weighted by Crippen LogP contribution is 2.15. The fraction of sp³-hybridized carbons (Fsp3) is 0.133. The van der Waals surface area contributed by atoms with Gasteiger partial charge in [0.2, 0.25) is 15.9 Å². The number of hydrogen-bond donors (Lipinski definition) is 2. The number of carbonyl (C=O) groups is 1. The van der Waals surface area contributed by atoms with Crippen LogP contribution in [0.4, 0.5) is 0 Å². The molecule has 122 valence electrons. The van der Waals surface area contributed by atoms with Gasteiger partial charge in [0.1, 0.15) is 0 Å². The first kappa shape index (κ1) is 17.7. The second-order valence-electron chi connectivity index (χ2n) is 4.69. The van der Waals surface area contributed by atoms with Gasteiger partial charge in [0.15, 0.2) is 0 Å². The highest BCUT2D eigenvalue weighted by atomic mass is 35.5. The molecular weight excluding hydrogens is 359 g/mol. The van der Waals surface area contributed by atoms with Crippen LogP contribution in [-0.2, 0) is 21.4 Å². The Morgan fingerprint density at radius 2 is 1.70 bits per heavy atom. The Morgan fingerprint density at radius 1 is 1.00 bits per heavy atom. The van der Waals surface area contributed by atoms with Gasteiger partial charge in [-0.1, -0.05) is 41.4 Å². The van der Waals surface area contributed by atoms with Gasteiger partial charge in [-0.25, -0.2) is 13.1 Å². The van der Waals surface area contributed by atoms with E-state index in [4.69, 9.17) is 23.2 Å². The van der Waals surface area contributed by atoms with Crippen LogP contribution in [0.2, 0.25) is 10.0 Å². The van der Waals surface area contributed by atoms with E-state index in [1.165, 1.54) is 18.2 Å². The van der Waals surface area contributed by atoms with E-state index in [0.29, 0.717) is 10.0 Å². The summed E-state index contributed by atoms with van der Waals surface area (Å²) < 4.78 is 26.3. The molecular formula is C15H14Cl2N2O3S. The maximum Gasteiger partial charge on any atom is 0.241 e. The largest absolute Gasteiger partial charge is 0.351 e. The van der Waals surface area contributed by atoms with Gasteiger partial charge in [-0.3, -0.25) is 4.79 Å². The Labute approximate surface area is 144 Å². The molecule has 0 saturated heterocycles. The first-order valence-corrected chi connectivity index (χ1v) is 8.87. The minimum Gasteiger partial charge on any atom is -0.351 e. The lowest BCUT2D eigenvalue weighted by Crippen LogP contribution is -2.36. The molecule has 0 aliphatic heterocycles. The quantitative estimate of drug-likeness (QED) is 0.817. The normalized spacial score (nSPS) is 11.2. The Morgan fingerprint density at radius 3 is 2.35 bits per heavy atom. The molecule has 0 bridgehead atoms. The second kappa shape index (κ2) is 7.79. The number of halogens is 2. The van der Waals surface area contributed by atoms with Gasteiger partial charge in [0, 0.05) is 16.6 Å². The van der Waals surface area contributed by atoms with Crippen LogP contribution < -0.4 is 10.0 Å². The summed E-state index contributed by atoms with van der Waals surface area (Å²) in [6.07, 6.45) is 0. The van der Waals surface area contributed by atoms with E-state index in [9.17, 15) is 13.2 Å². The van der Waals surface area contributed by atoms with Crippen LogP contribution in [0.3, 0.4) is 0 Å². The zero-order chi connectivity index (χ0) is 16.9. The van der Waals surface area contributed by atoms with E-state index >= 15 is 0 Å². The first-order chi connectivity index (χ1) is 10.9. The molecule has 2 N–H and O–H groups in total. The summed E-state index contributed by atoms with van der Waals surface area (Å²) in [5.74, 6) is -0.439. The molecule has 0 atom stereocenters. The third-order valence-electron chi connectivity index (χ3n) is 2.93. The van der Waals surface area contributed by atoms with E-state index in [-0.39, 0.29) is 18.0 Å². The zero-order valence-corrected chi connectivity index (χ0v) is 14.3. The van der Waals surface area contributed by atoms with Gasteiger partial charge in [-0.15, -0.1) is 0 Å². The monoisotopic (exact) mass is 372 g/mol. The average molecular weight is 373 g/mol. The molecule has 0 aliphatic rings. The Bertz CT molecular complexity index is 793. The third-order valence-corrected chi connectivity index (χ3v) is 4.82. The van der Waals surface area contributed by atoms with Crippen molar-refractivity contribution in [2.75, 3.05) is 6.54 Å². The first-order valence-electron chi connectivity index (χ1n) is 6.63. The number of nitrogens with one attached hydrogen (secondary N) is 2. The van der Waals surface area contributed by atoms with E-state index in [1.807, 2.05) is 0 Å². The van der Waals surface area contributed by atoms with Gasteiger partial charge < -0.3 is 5.32 Å². The number of sulfonamides is 1. The minimum absolute atomic E-state index is 0.00972. The molecule has 0 saturated carbocycles. The summed E-state index contributed by atoms with van der Waals surface area (Å²) in [5, 5.41) is 3.53. The highest BCUT2D eigenvalue weighted by Gasteiger charge is 2.15. The summed E-state index contributed by atoms with van der Waals surface area (Å²) in [6.45, 7) is -0.0721. The maximum atomic E-state index is 12.0. The number of carbonyl (C=O) groups excluding carboxylic acids is 1. The SMILES string of the molecule is O=C(CNS(=O)(=O)c1cccc(Cl)c1)NCc1ccc(Cl)cc1. The molecule has 23 heavy (non-hydrogen) atoms. The van der Waals surface area contributed by atoms with Gasteiger partial charge in [-0.2, -0.15) is 0 Å². The van der Waals surface area contributed by atoms with Crippen molar-refractivity contribution in [3.05, 3.63) is 64.1 Å². The molecule has 0 spiro atoms. The lowest BCUT2D eigenvalue weighted by atomic mass is 10.2. The smallest absolute Gasteiger partial charge is 0.241 e. The van der Waals surface area contributed by atoms with Crippen molar-refractivity contribution < 1.29 is 13.2 Å². The Hall–Kier alpha value is -1.60. The zero-order valence-electron chi connectivity index (χ0n) is 11.9. The van der Waals surface area contributed by atoms with Crippen molar-refractivity contribution in [1.82, 2.24) is 10.0 Å². The molecule has 0 fully saturated rings. The second-order valence-corrected chi connectivity index (χ2v) is 7.32. The van der Waals surface area contributed by atoms with Gasteiger partial charge in [-0.05, 0) is 35.9 Å². The van der Waals surface area contributed by atoms with Crippen molar-refractivity contribution in [1.29, 1.82) is 0 Å². The van der Waals surface area contributed by atoms with Crippen molar-refractivity contribution in [3.63, 3.8) is 0 Å². The molecule has 8 heteroatoms. The topological polar surface area (TPSA) is 75.3 Å². The van der Waals surface area contributed by atoms with E-state index in [0.717, 1.165) is 5.56 Å². The average Bonchev–Trinajstić information content (AvgIpc) is 2.52. The fourth-order valence-corrected chi connectivity index (χ4v) is 3.15. The Balaban J connectivity index is 1.87.